The zero-order valence-electron chi connectivity index (χ0n) is 11.7. The van der Waals surface area contributed by atoms with E-state index >= 15 is 0 Å². The fraction of sp³-hybridized carbons (Fsp3) is 0.385. The van der Waals surface area contributed by atoms with Crippen LogP contribution in [0.1, 0.15) is 18.3 Å². The molecule has 2 heterocycles. The van der Waals surface area contributed by atoms with Crippen LogP contribution < -0.4 is 5.73 Å². The Labute approximate surface area is 123 Å². The first-order valence-corrected chi connectivity index (χ1v) is 8.21. The van der Waals surface area contributed by atoms with Crippen molar-refractivity contribution in [3.63, 3.8) is 0 Å². The standard InChI is InChI=1S/C13H17N5O2S/c1-2-10-3-4-11(7-12(10)14)21(19,20)18-6-5-17-9-15-16-13(17)8-18/h3-4,7,9H,2,5-6,8,14H2,1H3. The molecule has 0 saturated carbocycles. The summed E-state index contributed by atoms with van der Waals surface area (Å²) in [6.07, 6.45) is 2.40. The van der Waals surface area contributed by atoms with Crippen LogP contribution in [0.2, 0.25) is 0 Å². The van der Waals surface area contributed by atoms with Gasteiger partial charge in [0.05, 0.1) is 11.4 Å². The summed E-state index contributed by atoms with van der Waals surface area (Å²) in [6, 6.07) is 4.92. The molecule has 0 atom stereocenters. The normalized spacial score (nSPS) is 15.9. The molecular weight excluding hydrogens is 290 g/mol. The summed E-state index contributed by atoms with van der Waals surface area (Å²) in [6.45, 7) is 3.18. The Bertz CT molecular complexity index is 769. The molecule has 2 aromatic rings. The van der Waals surface area contributed by atoms with Crippen molar-refractivity contribution >= 4 is 15.7 Å². The second-order valence-electron chi connectivity index (χ2n) is 4.99. The Morgan fingerprint density at radius 2 is 2.14 bits per heavy atom. The number of hydrogen-bond donors (Lipinski definition) is 1. The number of rotatable bonds is 3. The van der Waals surface area contributed by atoms with E-state index in [9.17, 15) is 8.42 Å². The minimum absolute atomic E-state index is 0.227. The van der Waals surface area contributed by atoms with Gasteiger partial charge in [-0.1, -0.05) is 13.0 Å². The van der Waals surface area contributed by atoms with Crippen LogP contribution in [0.25, 0.3) is 0 Å². The van der Waals surface area contributed by atoms with Crippen LogP contribution in [0.5, 0.6) is 0 Å². The van der Waals surface area contributed by atoms with Crippen molar-refractivity contribution in [2.45, 2.75) is 31.3 Å². The second kappa shape index (κ2) is 5.12. The molecule has 1 aliphatic rings. The van der Waals surface area contributed by atoms with Crippen LogP contribution in [0.3, 0.4) is 0 Å². The van der Waals surface area contributed by atoms with E-state index in [4.69, 9.17) is 5.73 Å². The molecule has 7 nitrogen and oxygen atoms in total. The SMILES string of the molecule is CCc1ccc(S(=O)(=O)N2CCn3cnnc3C2)cc1N. The monoisotopic (exact) mass is 307 g/mol. The predicted octanol–water partition coefficient (Wildman–Crippen LogP) is 0.627. The highest BCUT2D eigenvalue weighted by Gasteiger charge is 2.29. The van der Waals surface area contributed by atoms with Gasteiger partial charge in [0.1, 0.15) is 12.2 Å². The summed E-state index contributed by atoms with van der Waals surface area (Å²) in [5.74, 6) is 0.656. The van der Waals surface area contributed by atoms with Crippen LogP contribution in [0.15, 0.2) is 29.4 Å². The number of hydrogen-bond acceptors (Lipinski definition) is 5. The van der Waals surface area contributed by atoms with Gasteiger partial charge < -0.3 is 10.3 Å². The average molecular weight is 307 g/mol. The molecular formula is C13H17N5O2S. The minimum atomic E-state index is -3.56. The van der Waals surface area contributed by atoms with E-state index < -0.39 is 10.0 Å². The van der Waals surface area contributed by atoms with Crippen molar-refractivity contribution in [3.05, 3.63) is 35.9 Å². The Hall–Kier alpha value is -1.93. The third kappa shape index (κ3) is 2.40. The smallest absolute Gasteiger partial charge is 0.243 e. The third-order valence-electron chi connectivity index (χ3n) is 3.74. The lowest BCUT2D eigenvalue weighted by Crippen LogP contribution is -2.38. The Kier molecular flexibility index (Phi) is 3.42. The first-order valence-electron chi connectivity index (χ1n) is 6.77. The summed E-state index contributed by atoms with van der Waals surface area (Å²) >= 11 is 0. The third-order valence-corrected chi connectivity index (χ3v) is 5.58. The zero-order chi connectivity index (χ0) is 15.0. The highest BCUT2D eigenvalue weighted by Crippen LogP contribution is 2.24. The Morgan fingerprint density at radius 1 is 1.33 bits per heavy atom. The van der Waals surface area contributed by atoms with Crippen molar-refractivity contribution < 1.29 is 8.42 Å². The second-order valence-corrected chi connectivity index (χ2v) is 6.93. The van der Waals surface area contributed by atoms with Gasteiger partial charge in [-0.2, -0.15) is 4.31 Å². The number of nitrogen functional groups attached to an aromatic ring is 1. The average Bonchev–Trinajstić information content (AvgIpc) is 2.94. The summed E-state index contributed by atoms with van der Waals surface area (Å²) in [4.78, 5) is 0.227. The number of nitrogens with zero attached hydrogens (tertiary/aromatic N) is 4. The molecule has 1 aromatic heterocycles. The predicted molar refractivity (Wildman–Crippen MR) is 77.9 cm³/mol. The van der Waals surface area contributed by atoms with Gasteiger partial charge in [-0.05, 0) is 24.1 Å². The highest BCUT2D eigenvalue weighted by molar-refractivity contribution is 7.89. The van der Waals surface area contributed by atoms with Gasteiger partial charge in [-0.15, -0.1) is 10.2 Å². The van der Waals surface area contributed by atoms with E-state index in [1.165, 1.54) is 10.4 Å². The molecule has 112 valence electrons. The van der Waals surface area contributed by atoms with E-state index in [1.54, 1.807) is 18.5 Å². The van der Waals surface area contributed by atoms with Crippen molar-refractivity contribution in [1.82, 2.24) is 19.1 Å². The first-order chi connectivity index (χ1) is 10.0. The fourth-order valence-corrected chi connectivity index (χ4v) is 3.88. The van der Waals surface area contributed by atoms with Crippen molar-refractivity contribution in [2.24, 2.45) is 0 Å². The van der Waals surface area contributed by atoms with E-state index in [0.717, 1.165) is 12.0 Å². The summed E-state index contributed by atoms with van der Waals surface area (Å²) in [5, 5.41) is 7.74. The maximum absolute atomic E-state index is 12.7. The summed E-state index contributed by atoms with van der Waals surface area (Å²) in [7, 11) is -3.56. The molecule has 0 radical (unpaired) electrons. The van der Waals surface area contributed by atoms with E-state index in [-0.39, 0.29) is 11.4 Å². The number of aryl methyl sites for hydroxylation is 1. The number of aromatic nitrogens is 3. The largest absolute Gasteiger partial charge is 0.398 e. The Morgan fingerprint density at radius 3 is 2.86 bits per heavy atom. The molecule has 0 fully saturated rings. The van der Waals surface area contributed by atoms with Gasteiger partial charge in [0.2, 0.25) is 10.0 Å². The molecule has 0 spiro atoms. The van der Waals surface area contributed by atoms with Gasteiger partial charge in [0.25, 0.3) is 0 Å². The molecule has 3 rings (SSSR count). The maximum Gasteiger partial charge on any atom is 0.243 e. The number of nitrogens with two attached hydrogens (primary N) is 1. The zero-order valence-corrected chi connectivity index (χ0v) is 12.5. The van der Waals surface area contributed by atoms with Gasteiger partial charge in [0, 0.05) is 18.8 Å². The van der Waals surface area contributed by atoms with E-state index in [2.05, 4.69) is 10.2 Å². The van der Waals surface area contributed by atoms with Gasteiger partial charge >= 0.3 is 0 Å². The molecule has 1 aliphatic heterocycles. The molecule has 1 aromatic carbocycles. The molecule has 0 saturated heterocycles. The van der Waals surface area contributed by atoms with Crippen LogP contribution in [-0.4, -0.2) is 34.0 Å². The quantitative estimate of drug-likeness (QED) is 0.839. The van der Waals surface area contributed by atoms with Crippen molar-refractivity contribution in [2.75, 3.05) is 12.3 Å². The summed E-state index contributed by atoms with van der Waals surface area (Å²) in [5.41, 5.74) is 7.37. The number of benzene rings is 1. The molecule has 0 amide bonds. The van der Waals surface area contributed by atoms with Gasteiger partial charge in [-0.3, -0.25) is 0 Å². The van der Waals surface area contributed by atoms with Crippen LogP contribution >= 0.6 is 0 Å². The minimum Gasteiger partial charge on any atom is -0.398 e. The van der Waals surface area contributed by atoms with Crippen LogP contribution in [-0.2, 0) is 29.5 Å². The fourth-order valence-electron chi connectivity index (χ4n) is 2.45. The molecule has 2 N–H and O–H groups in total. The molecule has 0 aliphatic carbocycles. The van der Waals surface area contributed by atoms with Crippen LogP contribution in [0, 0.1) is 0 Å². The molecule has 0 unspecified atom stereocenters. The first kappa shape index (κ1) is 14.0. The van der Waals surface area contributed by atoms with E-state index in [1.807, 2.05) is 11.5 Å². The maximum atomic E-state index is 12.7. The van der Waals surface area contributed by atoms with Crippen LogP contribution in [0.4, 0.5) is 5.69 Å². The number of anilines is 1. The lowest BCUT2D eigenvalue weighted by Gasteiger charge is -2.26. The number of sulfonamides is 1. The molecule has 0 bridgehead atoms. The Balaban J connectivity index is 1.93. The number of fused-ring (bicyclic) bond motifs is 1. The van der Waals surface area contributed by atoms with Crippen molar-refractivity contribution in [3.8, 4) is 0 Å². The highest BCUT2D eigenvalue weighted by atomic mass is 32.2. The molecule has 21 heavy (non-hydrogen) atoms. The topological polar surface area (TPSA) is 94.1 Å². The van der Waals surface area contributed by atoms with Gasteiger partial charge in [-0.25, -0.2) is 8.42 Å². The lowest BCUT2D eigenvalue weighted by molar-refractivity contribution is 0.335. The van der Waals surface area contributed by atoms with E-state index in [0.29, 0.717) is 24.6 Å². The van der Waals surface area contributed by atoms with Crippen molar-refractivity contribution in [1.29, 1.82) is 0 Å². The molecule has 8 heteroatoms. The van der Waals surface area contributed by atoms with Gasteiger partial charge in [0.15, 0.2) is 0 Å². The summed E-state index contributed by atoms with van der Waals surface area (Å²) < 4.78 is 28.6. The lowest BCUT2D eigenvalue weighted by atomic mass is 10.1.